The Bertz CT molecular complexity index is 373. The van der Waals surface area contributed by atoms with Crippen LogP contribution in [-0.2, 0) is 17.5 Å². The molecule has 0 saturated carbocycles. The maximum absolute atomic E-state index is 12.3. The number of methoxy groups -OCH3 is 1. The highest BCUT2D eigenvalue weighted by atomic mass is 19.4. The van der Waals surface area contributed by atoms with Gasteiger partial charge in [-0.3, -0.25) is 4.68 Å². The number of alkyl halides is 3. The first-order chi connectivity index (χ1) is 7.66. The topological polar surface area (TPSA) is 53.1 Å². The molecule has 0 saturated heterocycles. The van der Waals surface area contributed by atoms with Crippen molar-refractivity contribution in [3.8, 4) is 0 Å². The monoisotopic (exact) mass is 251 g/mol. The molecular formula is C10H16F3N3O. The summed E-state index contributed by atoms with van der Waals surface area (Å²) in [6, 6.07) is 0.473. The number of rotatable bonds is 4. The van der Waals surface area contributed by atoms with E-state index in [9.17, 15) is 13.2 Å². The van der Waals surface area contributed by atoms with Crippen LogP contribution in [0.15, 0.2) is 12.3 Å². The molecular weight excluding hydrogens is 235 g/mol. The molecule has 1 aromatic heterocycles. The van der Waals surface area contributed by atoms with Crippen molar-refractivity contribution in [1.82, 2.24) is 9.78 Å². The molecule has 1 aromatic rings. The Balaban J connectivity index is 2.74. The molecule has 0 fully saturated rings. The first-order valence-corrected chi connectivity index (χ1v) is 5.08. The van der Waals surface area contributed by atoms with Gasteiger partial charge in [-0.05, 0) is 19.9 Å². The van der Waals surface area contributed by atoms with Crippen LogP contribution in [0.1, 0.15) is 19.5 Å². The van der Waals surface area contributed by atoms with Gasteiger partial charge in [0, 0.05) is 13.3 Å². The summed E-state index contributed by atoms with van der Waals surface area (Å²) in [6.45, 7) is 3.70. The molecule has 1 atom stereocenters. The van der Waals surface area contributed by atoms with E-state index in [0.717, 1.165) is 6.07 Å². The number of nitrogens with two attached hydrogens (primary N) is 1. The van der Waals surface area contributed by atoms with Crippen LogP contribution in [0.4, 0.5) is 13.2 Å². The van der Waals surface area contributed by atoms with E-state index in [2.05, 4.69) is 5.10 Å². The Morgan fingerprint density at radius 2 is 2.06 bits per heavy atom. The fourth-order valence-electron chi connectivity index (χ4n) is 1.19. The van der Waals surface area contributed by atoms with E-state index in [0.29, 0.717) is 0 Å². The average Bonchev–Trinajstić information content (AvgIpc) is 2.65. The number of hydrogen-bond donors (Lipinski definition) is 1. The molecule has 2 N–H and O–H groups in total. The van der Waals surface area contributed by atoms with Crippen LogP contribution in [0.3, 0.4) is 0 Å². The maximum atomic E-state index is 12.3. The first-order valence-electron chi connectivity index (χ1n) is 5.08. The van der Waals surface area contributed by atoms with Gasteiger partial charge in [-0.15, -0.1) is 0 Å². The van der Waals surface area contributed by atoms with Crippen LogP contribution in [0.25, 0.3) is 0 Å². The van der Waals surface area contributed by atoms with Gasteiger partial charge in [-0.25, -0.2) is 0 Å². The van der Waals surface area contributed by atoms with Crippen LogP contribution in [0, 0.1) is 0 Å². The fraction of sp³-hybridized carbons (Fsp3) is 0.700. The van der Waals surface area contributed by atoms with E-state index < -0.39 is 23.5 Å². The number of halogens is 3. The SMILES string of the molecule is COC(C)(C)C(N)Cn1ccc(C(F)(F)F)n1. The fourth-order valence-corrected chi connectivity index (χ4v) is 1.19. The minimum Gasteiger partial charge on any atom is -0.377 e. The minimum absolute atomic E-state index is 0.164. The van der Waals surface area contributed by atoms with Gasteiger partial charge in [0.25, 0.3) is 0 Å². The summed E-state index contributed by atoms with van der Waals surface area (Å²) in [5, 5.41) is 3.43. The van der Waals surface area contributed by atoms with Gasteiger partial charge in [-0.1, -0.05) is 0 Å². The highest BCUT2D eigenvalue weighted by Gasteiger charge is 2.34. The minimum atomic E-state index is -4.42. The summed E-state index contributed by atoms with van der Waals surface area (Å²) in [5.41, 5.74) is 4.31. The Labute approximate surface area is 97.5 Å². The number of hydrogen-bond acceptors (Lipinski definition) is 3. The molecule has 0 spiro atoms. The first kappa shape index (κ1) is 14.0. The lowest BCUT2D eigenvalue weighted by Crippen LogP contribution is -2.47. The average molecular weight is 251 g/mol. The quantitative estimate of drug-likeness (QED) is 0.885. The van der Waals surface area contributed by atoms with Crippen molar-refractivity contribution >= 4 is 0 Å². The Morgan fingerprint density at radius 3 is 2.47 bits per heavy atom. The van der Waals surface area contributed by atoms with Crippen LogP contribution in [0.2, 0.25) is 0 Å². The molecule has 0 amide bonds. The molecule has 98 valence electrons. The molecule has 7 heteroatoms. The molecule has 0 aliphatic rings. The third kappa shape index (κ3) is 3.44. The highest BCUT2D eigenvalue weighted by Crippen LogP contribution is 2.27. The zero-order valence-corrected chi connectivity index (χ0v) is 9.95. The van der Waals surface area contributed by atoms with Crippen molar-refractivity contribution in [2.45, 2.75) is 38.2 Å². The Morgan fingerprint density at radius 1 is 1.47 bits per heavy atom. The predicted octanol–water partition coefficient (Wildman–Crippen LogP) is 1.65. The van der Waals surface area contributed by atoms with E-state index >= 15 is 0 Å². The number of ether oxygens (including phenoxy) is 1. The van der Waals surface area contributed by atoms with Crippen molar-refractivity contribution in [3.05, 3.63) is 18.0 Å². The van der Waals surface area contributed by atoms with Crippen LogP contribution < -0.4 is 5.73 Å². The number of nitrogens with zero attached hydrogens (tertiary/aromatic N) is 2. The maximum Gasteiger partial charge on any atom is 0.435 e. The van der Waals surface area contributed by atoms with Crippen molar-refractivity contribution in [1.29, 1.82) is 0 Å². The molecule has 1 heterocycles. The summed E-state index contributed by atoms with van der Waals surface area (Å²) in [5.74, 6) is 0. The third-order valence-electron chi connectivity index (χ3n) is 2.73. The van der Waals surface area contributed by atoms with E-state index in [4.69, 9.17) is 10.5 Å². The standard InChI is InChI=1S/C10H16F3N3O/c1-9(2,17-3)7(14)6-16-5-4-8(15-16)10(11,12)13/h4-5,7H,6,14H2,1-3H3. The van der Waals surface area contributed by atoms with E-state index in [1.165, 1.54) is 18.0 Å². The van der Waals surface area contributed by atoms with Gasteiger partial charge < -0.3 is 10.5 Å². The van der Waals surface area contributed by atoms with Gasteiger partial charge >= 0.3 is 6.18 Å². The second-order valence-electron chi connectivity index (χ2n) is 4.33. The molecule has 0 aromatic carbocycles. The predicted molar refractivity (Wildman–Crippen MR) is 56.3 cm³/mol. The van der Waals surface area contributed by atoms with E-state index in [1.54, 1.807) is 13.8 Å². The summed E-state index contributed by atoms with van der Waals surface area (Å²) in [6.07, 6.45) is -3.17. The zero-order chi connectivity index (χ0) is 13.3. The molecule has 0 radical (unpaired) electrons. The van der Waals surface area contributed by atoms with Crippen molar-refractivity contribution < 1.29 is 17.9 Å². The van der Waals surface area contributed by atoms with Crippen molar-refractivity contribution in [2.24, 2.45) is 5.73 Å². The molecule has 1 unspecified atom stereocenters. The summed E-state index contributed by atoms with van der Waals surface area (Å²) >= 11 is 0. The van der Waals surface area contributed by atoms with Gasteiger partial charge in [0.15, 0.2) is 5.69 Å². The van der Waals surface area contributed by atoms with E-state index in [1.807, 2.05) is 0 Å². The lowest BCUT2D eigenvalue weighted by molar-refractivity contribution is -0.141. The highest BCUT2D eigenvalue weighted by molar-refractivity contribution is 5.03. The molecule has 1 rings (SSSR count). The second kappa shape index (κ2) is 4.66. The third-order valence-corrected chi connectivity index (χ3v) is 2.73. The van der Waals surface area contributed by atoms with Gasteiger partial charge in [-0.2, -0.15) is 18.3 Å². The molecule has 17 heavy (non-hydrogen) atoms. The zero-order valence-electron chi connectivity index (χ0n) is 9.95. The molecule has 0 aliphatic carbocycles. The smallest absolute Gasteiger partial charge is 0.377 e. The molecule has 4 nitrogen and oxygen atoms in total. The Kier molecular flexibility index (Phi) is 3.83. The van der Waals surface area contributed by atoms with Crippen molar-refractivity contribution in [2.75, 3.05) is 7.11 Å². The number of aromatic nitrogens is 2. The summed E-state index contributed by atoms with van der Waals surface area (Å²) in [7, 11) is 1.50. The van der Waals surface area contributed by atoms with Crippen LogP contribution in [0.5, 0.6) is 0 Å². The van der Waals surface area contributed by atoms with Crippen molar-refractivity contribution in [3.63, 3.8) is 0 Å². The summed E-state index contributed by atoms with van der Waals surface area (Å²) < 4.78 is 43.3. The Hall–Kier alpha value is -1.08. The lowest BCUT2D eigenvalue weighted by atomic mass is 10.00. The molecule has 0 aliphatic heterocycles. The van der Waals surface area contributed by atoms with Gasteiger partial charge in [0.05, 0.1) is 18.2 Å². The largest absolute Gasteiger partial charge is 0.435 e. The normalized spacial score (nSPS) is 15.0. The lowest BCUT2D eigenvalue weighted by Gasteiger charge is -2.29. The summed E-state index contributed by atoms with van der Waals surface area (Å²) in [4.78, 5) is 0. The van der Waals surface area contributed by atoms with Gasteiger partial charge in [0.1, 0.15) is 0 Å². The van der Waals surface area contributed by atoms with E-state index in [-0.39, 0.29) is 6.54 Å². The van der Waals surface area contributed by atoms with Crippen LogP contribution in [-0.4, -0.2) is 28.5 Å². The molecule has 0 bridgehead atoms. The van der Waals surface area contributed by atoms with Crippen LogP contribution >= 0.6 is 0 Å². The van der Waals surface area contributed by atoms with Gasteiger partial charge in [0.2, 0.25) is 0 Å². The second-order valence-corrected chi connectivity index (χ2v) is 4.33.